The van der Waals surface area contributed by atoms with E-state index in [4.69, 9.17) is 0 Å². The number of anilines is 1. The van der Waals surface area contributed by atoms with Crippen LogP contribution in [0.4, 0.5) is 11.4 Å². The van der Waals surface area contributed by atoms with Gasteiger partial charge in [-0.3, -0.25) is 0 Å². The van der Waals surface area contributed by atoms with Crippen molar-refractivity contribution in [3.05, 3.63) is 92.8 Å². The second kappa shape index (κ2) is 7.46. The van der Waals surface area contributed by atoms with Crippen LogP contribution in [0, 0.1) is 20.2 Å². The Morgan fingerprint density at radius 2 is 1.48 bits per heavy atom. The van der Waals surface area contributed by atoms with Crippen LogP contribution in [0.2, 0.25) is 0 Å². The molecule has 0 atom stereocenters. The fourth-order valence-corrected chi connectivity index (χ4v) is 1.69. The fourth-order valence-electron chi connectivity index (χ4n) is 1.69. The summed E-state index contributed by atoms with van der Waals surface area (Å²) in [4.78, 5) is 24.5. The Kier molecular flexibility index (Phi) is 5.13. The van der Waals surface area contributed by atoms with Gasteiger partial charge in [0.2, 0.25) is 0 Å². The molecule has 0 unspecified atom stereocenters. The zero-order valence-corrected chi connectivity index (χ0v) is 11.8. The van der Waals surface area contributed by atoms with Gasteiger partial charge >= 0.3 is 11.7 Å². The van der Waals surface area contributed by atoms with Crippen LogP contribution in [0.1, 0.15) is 0 Å². The van der Waals surface area contributed by atoms with E-state index in [-0.39, 0.29) is 0 Å². The molecular formula is C15H12N4O4. The van der Waals surface area contributed by atoms with E-state index < -0.39 is 21.5 Å². The van der Waals surface area contributed by atoms with E-state index in [2.05, 4.69) is 10.3 Å². The molecule has 0 saturated heterocycles. The summed E-state index contributed by atoms with van der Waals surface area (Å²) < 4.78 is 0. The van der Waals surface area contributed by atoms with Crippen LogP contribution in [0.5, 0.6) is 0 Å². The average molecular weight is 312 g/mol. The Hall–Kier alpha value is -3.55. The van der Waals surface area contributed by atoms with Crippen molar-refractivity contribution in [2.45, 2.75) is 0 Å². The average Bonchev–Trinajstić information content (AvgIpc) is 2.55. The molecule has 0 amide bonds. The summed E-state index contributed by atoms with van der Waals surface area (Å²) in [6.45, 7) is 0. The predicted molar refractivity (Wildman–Crippen MR) is 85.7 cm³/mol. The lowest BCUT2D eigenvalue weighted by Crippen LogP contribution is -2.16. The van der Waals surface area contributed by atoms with Gasteiger partial charge in [-0.2, -0.15) is 0 Å². The third-order valence-electron chi connectivity index (χ3n) is 2.70. The molecule has 8 heteroatoms. The molecule has 116 valence electrons. The lowest BCUT2D eigenvalue weighted by atomic mass is 10.3. The maximum absolute atomic E-state index is 11.1. The minimum atomic E-state index is -0.775. The number of hydrogen-bond acceptors (Lipinski definition) is 6. The number of aliphatic imine (C=N–C) groups is 1. The normalized spacial score (nSPS) is 11.8. The van der Waals surface area contributed by atoms with E-state index >= 15 is 0 Å². The highest BCUT2D eigenvalue weighted by molar-refractivity contribution is 5.88. The van der Waals surface area contributed by atoms with Crippen molar-refractivity contribution in [3.63, 3.8) is 0 Å². The van der Waals surface area contributed by atoms with Gasteiger partial charge in [0.25, 0.3) is 0 Å². The summed E-state index contributed by atoms with van der Waals surface area (Å²) >= 11 is 0. The number of para-hydroxylation sites is 2. The van der Waals surface area contributed by atoms with E-state index in [1.165, 1.54) is 0 Å². The Balaban J connectivity index is 2.36. The molecule has 0 saturated carbocycles. The van der Waals surface area contributed by atoms with E-state index in [1.54, 1.807) is 60.7 Å². The Morgan fingerprint density at radius 1 is 0.913 bits per heavy atom. The zero-order valence-electron chi connectivity index (χ0n) is 11.8. The molecule has 23 heavy (non-hydrogen) atoms. The number of hydrogen-bond donors (Lipinski definition) is 1. The van der Waals surface area contributed by atoms with Crippen molar-refractivity contribution in [3.8, 4) is 0 Å². The number of rotatable bonds is 5. The van der Waals surface area contributed by atoms with Crippen LogP contribution >= 0.6 is 0 Å². The summed E-state index contributed by atoms with van der Waals surface area (Å²) in [6.07, 6.45) is 0.792. The van der Waals surface area contributed by atoms with Crippen molar-refractivity contribution in [1.29, 1.82) is 0 Å². The standard InChI is InChI=1S/C15H12N4O4/c20-18(21)14(16-12-7-3-1-4-8-12)11-15(19(22)23)17-13-9-5-2-6-10-13/h1-11,16H/b14-11+,17-15?. The summed E-state index contributed by atoms with van der Waals surface area (Å²) in [5, 5.41) is 24.7. The topological polar surface area (TPSA) is 111 Å². The molecule has 2 aromatic carbocycles. The SMILES string of the molecule is O=[N+]([O-])C(/C=C(\Nc1ccccc1)[N+](=O)[O-])=Nc1ccccc1. The van der Waals surface area contributed by atoms with Gasteiger partial charge in [-0.05, 0) is 39.1 Å². The molecule has 0 aliphatic rings. The minimum Gasteiger partial charge on any atom is -0.358 e. The molecule has 1 N–H and O–H groups in total. The van der Waals surface area contributed by atoms with Gasteiger partial charge in [-0.25, -0.2) is 5.32 Å². The van der Waals surface area contributed by atoms with E-state index in [1.807, 2.05) is 0 Å². The van der Waals surface area contributed by atoms with Gasteiger partial charge in [0.05, 0.1) is 0 Å². The van der Waals surface area contributed by atoms with Gasteiger partial charge in [0, 0.05) is 0 Å². The van der Waals surface area contributed by atoms with Gasteiger partial charge < -0.3 is 20.2 Å². The Bertz CT molecular complexity index is 758. The quantitative estimate of drug-likeness (QED) is 0.394. The number of amidine groups is 1. The highest BCUT2D eigenvalue weighted by Crippen LogP contribution is 2.13. The Morgan fingerprint density at radius 3 is 2.00 bits per heavy atom. The number of nitrogens with zero attached hydrogens (tertiary/aromatic N) is 3. The highest BCUT2D eigenvalue weighted by Gasteiger charge is 2.18. The molecule has 2 aromatic rings. The summed E-state index contributed by atoms with van der Waals surface area (Å²) in [5.74, 6) is -1.17. The molecule has 0 fully saturated rings. The van der Waals surface area contributed by atoms with Crippen LogP contribution in [-0.4, -0.2) is 15.7 Å². The lowest BCUT2D eigenvalue weighted by molar-refractivity contribution is -0.423. The van der Waals surface area contributed by atoms with Crippen LogP contribution in [0.3, 0.4) is 0 Å². The first kappa shape index (κ1) is 15.8. The smallest absolute Gasteiger partial charge is 0.358 e. The summed E-state index contributed by atoms with van der Waals surface area (Å²) in [6, 6.07) is 16.5. The lowest BCUT2D eigenvalue weighted by Gasteiger charge is -2.02. The van der Waals surface area contributed by atoms with Crippen LogP contribution in [-0.2, 0) is 0 Å². The maximum Gasteiger partial charge on any atom is 0.372 e. The largest absolute Gasteiger partial charge is 0.372 e. The fraction of sp³-hybridized carbons (Fsp3) is 0. The predicted octanol–water partition coefficient (Wildman–Crippen LogP) is 3.22. The molecule has 8 nitrogen and oxygen atoms in total. The van der Waals surface area contributed by atoms with Crippen molar-refractivity contribution in [2.75, 3.05) is 5.32 Å². The van der Waals surface area contributed by atoms with E-state index in [0.717, 1.165) is 6.08 Å². The molecule has 0 radical (unpaired) electrons. The van der Waals surface area contributed by atoms with Crippen molar-refractivity contribution < 1.29 is 9.85 Å². The zero-order chi connectivity index (χ0) is 16.7. The second-order valence-corrected chi connectivity index (χ2v) is 4.34. The number of benzene rings is 2. The minimum absolute atomic E-state index is 0.331. The summed E-state index contributed by atoms with van der Waals surface area (Å²) in [5.41, 5.74) is 0.774. The molecule has 0 aliphatic carbocycles. The van der Waals surface area contributed by atoms with Gasteiger partial charge in [-0.15, -0.1) is 0 Å². The first-order valence-corrected chi connectivity index (χ1v) is 6.52. The molecule has 0 bridgehead atoms. The molecular weight excluding hydrogens is 300 g/mol. The van der Waals surface area contributed by atoms with E-state index in [9.17, 15) is 20.2 Å². The van der Waals surface area contributed by atoms with Crippen molar-refractivity contribution in [2.24, 2.45) is 4.99 Å². The second-order valence-electron chi connectivity index (χ2n) is 4.34. The molecule has 0 spiro atoms. The van der Waals surface area contributed by atoms with E-state index in [0.29, 0.717) is 11.4 Å². The first-order valence-electron chi connectivity index (χ1n) is 6.52. The van der Waals surface area contributed by atoms with Crippen molar-refractivity contribution in [1.82, 2.24) is 0 Å². The maximum atomic E-state index is 11.1. The number of nitro groups is 2. The number of nitrogens with one attached hydrogen (secondary N) is 1. The molecule has 2 rings (SSSR count). The van der Waals surface area contributed by atoms with Gasteiger partial charge in [-0.1, -0.05) is 36.4 Å². The molecule has 0 aromatic heterocycles. The third kappa shape index (κ3) is 4.74. The van der Waals surface area contributed by atoms with Crippen LogP contribution in [0.15, 0.2) is 77.6 Å². The first-order chi connectivity index (χ1) is 11.1. The summed E-state index contributed by atoms with van der Waals surface area (Å²) in [7, 11) is 0. The van der Waals surface area contributed by atoms with Crippen molar-refractivity contribution >= 4 is 17.2 Å². The van der Waals surface area contributed by atoms with Gasteiger partial charge in [0.1, 0.15) is 11.8 Å². The van der Waals surface area contributed by atoms with Gasteiger partial charge in [0.15, 0.2) is 5.69 Å². The highest BCUT2D eigenvalue weighted by atomic mass is 16.6. The van der Waals surface area contributed by atoms with Crippen LogP contribution < -0.4 is 5.32 Å². The van der Waals surface area contributed by atoms with Crippen LogP contribution in [0.25, 0.3) is 0 Å². The monoisotopic (exact) mass is 312 g/mol. The molecule has 0 heterocycles. The third-order valence-corrected chi connectivity index (χ3v) is 2.70. The Labute approximate surface area is 131 Å². The molecule has 0 aliphatic heterocycles.